The number of thiophene rings is 1. The van der Waals surface area contributed by atoms with Gasteiger partial charge in [-0.3, -0.25) is 4.79 Å². The van der Waals surface area contributed by atoms with Crippen LogP contribution in [0.25, 0.3) is 21.8 Å². The standard InChI is InChI=1S/C21H16ClN3O4S/c1-10-17-11(2)23-19(14-4-3-5-27-14)25-21(17)30-18(10)20(26)24-13-9-16-15(8-12(13)22)28-6-7-29-16/h3-5,8-9H,6-7H2,1-2H3,(H,24,26). The molecule has 1 aliphatic rings. The lowest BCUT2D eigenvalue weighted by molar-refractivity contribution is 0.103. The van der Waals surface area contributed by atoms with Crippen molar-refractivity contribution < 1.29 is 18.7 Å². The summed E-state index contributed by atoms with van der Waals surface area (Å²) >= 11 is 7.64. The highest BCUT2D eigenvalue weighted by atomic mass is 35.5. The van der Waals surface area contributed by atoms with Gasteiger partial charge in [-0.1, -0.05) is 11.6 Å². The van der Waals surface area contributed by atoms with Gasteiger partial charge in [-0.25, -0.2) is 9.97 Å². The van der Waals surface area contributed by atoms with E-state index in [1.807, 2.05) is 13.8 Å². The molecule has 0 saturated heterocycles. The summed E-state index contributed by atoms with van der Waals surface area (Å²) in [6, 6.07) is 6.92. The molecule has 0 fully saturated rings. The second-order valence-corrected chi connectivity index (χ2v) is 8.18. The van der Waals surface area contributed by atoms with Crippen LogP contribution in [0.5, 0.6) is 11.5 Å². The van der Waals surface area contributed by atoms with Gasteiger partial charge < -0.3 is 19.2 Å². The zero-order valence-electron chi connectivity index (χ0n) is 16.1. The summed E-state index contributed by atoms with van der Waals surface area (Å²) in [5.41, 5.74) is 2.07. The number of furan rings is 1. The lowest BCUT2D eigenvalue weighted by atomic mass is 10.1. The third-order valence-electron chi connectivity index (χ3n) is 4.80. The van der Waals surface area contributed by atoms with Crippen molar-refractivity contribution in [1.29, 1.82) is 0 Å². The number of carbonyl (C=O) groups is 1. The van der Waals surface area contributed by atoms with Gasteiger partial charge in [0.1, 0.15) is 18.0 Å². The first kappa shape index (κ1) is 18.9. The molecule has 3 aromatic heterocycles. The number of aryl methyl sites for hydroxylation is 2. The fourth-order valence-corrected chi connectivity index (χ4v) is 4.74. The van der Waals surface area contributed by atoms with Crippen LogP contribution in [0.2, 0.25) is 5.02 Å². The molecule has 5 rings (SSSR count). The Kier molecular flexibility index (Phi) is 4.60. The van der Waals surface area contributed by atoms with Crippen LogP contribution in [0, 0.1) is 13.8 Å². The van der Waals surface area contributed by atoms with Crippen molar-refractivity contribution in [3.63, 3.8) is 0 Å². The third-order valence-corrected chi connectivity index (χ3v) is 6.30. The molecule has 1 N–H and O–H groups in total. The summed E-state index contributed by atoms with van der Waals surface area (Å²) in [6.45, 7) is 4.71. The Bertz CT molecular complexity index is 1280. The summed E-state index contributed by atoms with van der Waals surface area (Å²) in [4.78, 5) is 23.5. The Morgan fingerprint density at radius 2 is 1.93 bits per heavy atom. The molecule has 7 nitrogen and oxygen atoms in total. The minimum Gasteiger partial charge on any atom is -0.486 e. The number of hydrogen-bond donors (Lipinski definition) is 1. The predicted octanol–water partition coefficient (Wildman–Crippen LogP) is 5.25. The van der Waals surface area contributed by atoms with Crippen molar-refractivity contribution in [2.24, 2.45) is 0 Å². The van der Waals surface area contributed by atoms with Crippen molar-refractivity contribution in [1.82, 2.24) is 9.97 Å². The van der Waals surface area contributed by atoms with E-state index < -0.39 is 0 Å². The molecule has 1 amide bonds. The van der Waals surface area contributed by atoms with Gasteiger partial charge in [0.15, 0.2) is 23.1 Å². The third kappa shape index (κ3) is 3.18. The molecule has 4 heterocycles. The molecule has 30 heavy (non-hydrogen) atoms. The van der Waals surface area contributed by atoms with Crippen molar-refractivity contribution in [2.75, 3.05) is 18.5 Å². The number of nitrogens with zero attached hydrogens (tertiary/aromatic N) is 2. The zero-order chi connectivity index (χ0) is 20.8. The van der Waals surface area contributed by atoms with Gasteiger partial charge >= 0.3 is 0 Å². The van der Waals surface area contributed by atoms with Gasteiger partial charge in [0.2, 0.25) is 0 Å². The molecule has 0 radical (unpaired) electrons. The SMILES string of the molecule is Cc1nc(-c2ccco2)nc2sc(C(=O)Nc3cc4c(cc3Cl)OCCO4)c(C)c12. The second kappa shape index (κ2) is 7.30. The highest BCUT2D eigenvalue weighted by Gasteiger charge is 2.22. The number of halogens is 1. The van der Waals surface area contributed by atoms with Gasteiger partial charge in [0.05, 0.1) is 27.5 Å². The predicted molar refractivity (Wildman–Crippen MR) is 115 cm³/mol. The number of benzene rings is 1. The van der Waals surface area contributed by atoms with E-state index >= 15 is 0 Å². The fraction of sp³-hybridized carbons (Fsp3) is 0.190. The van der Waals surface area contributed by atoms with Gasteiger partial charge in [0.25, 0.3) is 5.91 Å². The first-order valence-corrected chi connectivity index (χ1v) is 10.4. The number of anilines is 1. The Hall–Kier alpha value is -3.10. The summed E-state index contributed by atoms with van der Waals surface area (Å²) < 4.78 is 16.5. The Morgan fingerprint density at radius 1 is 1.17 bits per heavy atom. The summed E-state index contributed by atoms with van der Waals surface area (Å²) in [5, 5.41) is 4.12. The first-order chi connectivity index (χ1) is 14.5. The van der Waals surface area contributed by atoms with Crippen LogP contribution in [0.4, 0.5) is 5.69 Å². The van der Waals surface area contributed by atoms with Crippen LogP contribution in [0.15, 0.2) is 34.9 Å². The number of amides is 1. The van der Waals surface area contributed by atoms with E-state index in [0.717, 1.165) is 21.5 Å². The molecule has 4 aromatic rings. The van der Waals surface area contributed by atoms with Crippen LogP contribution in [0.3, 0.4) is 0 Å². The van der Waals surface area contributed by atoms with E-state index in [1.54, 1.807) is 30.5 Å². The molecule has 9 heteroatoms. The van der Waals surface area contributed by atoms with Crippen molar-refractivity contribution in [3.05, 3.63) is 51.7 Å². The molecular weight excluding hydrogens is 426 g/mol. The van der Waals surface area contributed by atoms with E-state index in [4.69, 9.17) is 25.5 Å². The minimum atomic E-state index is -0.270. The number of rotatable bonds is 3. The van der Waals surface area contributed by atoms with E-state index in [2.05, 4.69) is 15.3 Å². The van der Waals surface area contributed by atoms with Gasteiger partial charge in [0, 0.05) is 17.5 Å². The molecule has 152 valence electrons. The fourth-order valence-electron chi connectivity index (χ4n) is 3.41. The largest absolute Gasteiger partial charge is 0.486 e. The number of fused-ring (bicyclic) bond motifs is 2. The summed E-state index contributed by atoms with van der Waals surface area (Å²) in [5.74, 6) is 1.93. The Morgan fingerprint density at radius 3 is 2.67 bits per heavy atom. The quantitative estimate of drug-likeness (QED) is 0.467. The molecule has 0 bridgehead atoms. The van der Waals surface area contributed by atoms with Crippen LogP contribution >= 0.6 is 22.9 Å². The van der Waals surface area contributed by atoms with E-state index in [1.165, 1.54) is 11.3 Å². The molecular formula is C21H16ClN3O4S. The molecule has 0 atom stereocenters. The van der Waals surface area contributed by atoms with Crippen molar-refractivity contribution >= 4 is 44.7 Å². The number of ether oxygens (including phenoxy) is 2. The normalized spacial score (nSPS) is 12.9. The number of hydrogen-bond acceptors (Lipinski definition) is 7. The monoisotopic (exact) mass is 441 g/mol. The van der Waals surface area contributed by atoms with E-state index in [9.17, 15) is 4.79 Å². The van der Waals surface area contributed by atoms with Crippen LogP contribution < -0.4 is 14.8 Å². The zero-order valence-corrected chi connectivity index (χ0v) is 17.7. The van der Waals surface area contributed by atoms with Crippen LogP contribution in [0.1, 0.15) is 20.9 Å². The van der Waals surface area contributed by atoms with E-state index in [0.29, 0.717) is 51.9 Å². The van der Waals surface area contributed by atoms with Crippen molar-refractivity contribution in [2.45, 2.75) is 13.8 Å². The maximum absolute atomic E-state index is 13.1. The number of nitrogens with one attached hydrogen (secondary N) is 1. The Balaban J connectivity index is 1.51. The first-order valence-electron chi connectivity index (χ1n) is 9.23. The lowest BCUT2D eigenvalue weighted by Crippen LogP contribution is -2.16. The van der Waals surface area contributed by atoms with Gasteiger partial charge in [-0.15, -0.1) is 11.3 Å². The average Bonchev–Trinajstić information content (AvgIpc) is 3.37. The van der Waals surface area contributed by atoms with Crippen molar-refractivity contribution in [3.8, 4) is 23.1 Å². The van der Waals surface area contributed by atoms with Crippen LogP contribution in [-0.4, -0.2) is 29.1 Å². The van der Waals surface area contributed by atoms with Gasteiger partial charge in [-0.05, 0) is 31.5 Å². The molecule has 0 aliphatic carbocycles. The lowest BCUT2D eigenvalue weighted by Gasteiger charge is -2.20. The summed E-state index contributed by atoms with van der Waals surface area (Å²) in [6.07, 6.45) is 1.58. The molecule has 1 aliphatic heterocycles. The molecule has 0 unspecified atom stereocenters. The topological polar surface area (TPSA) is 86.5 Å². The number of carbonyl (C=O) groups excluding carboxylic acids is 1. The van der Waals surface area contributed by atoms with Gasteiger partial charge in [-0.2, -0.15) is 0 Å². The number of aromatic nitrogens is 2. The maximum Gasteiger partial charge on any atom is 0.266 e. The maximum atomic E-state index is 13.1. The highest BCUT2D eigenvalue weighted by molar-refractivity contribution is 7.20. The highest BCUT2D eigenvalue weighted by Crippen LogP contribution is 2.39. The van der Waals surface area contributed by atoms with E-state index in [-0.39, 0.29) is 5.91 Å². The Labute approximate surface area is 180 Å². The average molecular weight is 442 g/mol. The smallest absolute Gasteiger partial charge is 0.266 e. The second-order valence-electron chi connectivity index (χ2n) is 6.78. The van der Waals surface area contributed by atoms with Crippen LogP contribution in [-0.2, 0) is 0 Å². The molecule has 0 saturated carbocycles. The summed E-state index contributed by atoms with van der Waals surface area (Å²) in [7, 11) is 0. The molecule has 1 aromatic carbocycles. The molecule has 0 spiro atoms. The minimum absolute atomic E-state index is 0.270.